The quantitative estimate of drug-likeness (QED) is 0.482. The molecule has 1 heterocycles. The van der Waals surface area contributed by atoms with Crippen LogP contribution in [-0.4, -0.2) is 36.0 Å². The van der Waals surface area contributed by atoms with Crippen molar-refractivity contribution in [3.8, 4) is 0 Å². The van der Waals surface area contributed by atoms with Gasteiger partial charge in [-0.1, -0.05) is 17.2 Å². The fourth-order valence-electron chi connectivity index (χ4n) is 4.70. The highest BCUT2D eigenvalue weighted by atomic mass is 16.5. The zero-order chi connectivity index (χ0) is 15.3. The first-order valence-corrected chi connectivity index (χ1v) is 7.79. The van der Waals surface area contributed by atoms with Gasteiger partial charge in [0, 0.05) is 17.4 Å². The van der Waals surface area contributed by atoms with Crippen LogP contribution in [0.3, 0.4) is 0 Å². The molecule has 4 nitrogen and oxygen atoms in total. The summed E-state index contributed by atoms with van der Waals surface area (Å²) < 4.78 is 11.2. The lowest BCUT2D eigenvalue weighted by Gasteiger charge is -2.48. The number of aliphatic hydroxyl groups is 1. The molecule has 3 aliphatic rings. The Balaban J connectivity index is 2.03. The number of esters is 1. The van der Waals surface area contributed by atoms with Crippen LogP contribution >= 0.6 is 0 Å². The molecule has 3 rings (SSSR count). The highest BCUT2D eigenvalue weighted by molar-refractivity contribution is 5.83. The molecule has 0 radical (unpaired) electrons. The summed E-state index contributed by atoms with van der Waals surface area (Å²) in [4.78, 5) is 11.9. The molecule has 1 saturated carbocycles. The Labute approximate surface area is 125 Å². The molecule has 0 amide bonds. The Morgan fingerprint density at radius 1 is 1.62 bits per heavy atom. The van der Waals surface area contributed by atoms with Crippen molar-refractivity contribution in [1.29, 1.82) is 0 Å². The average molecular weight is 292 g/mol. The summed E-state index contributed by atoms with van der Waals surface area (Å²) in [6.45, 7) is 6.93. The molecule has 1 N–H and O–H groups in total. The molecule has 0 spiro atoms. The van der Waals surface area contributed by atoms with Gasteiger partial charge in [-0.2, -0.15) is 0 Å². The smallest absolute Gasteiger partial charge is 0.330 e. The van der Waals surface area contributed by atoms with Crippen LogP contribution < -0.4 is 0 Å². The lowest BCUT2D eigenvalue weighted by Crippen LogP contribution is -2.51. The van der Waals surface area contributed by atoms with Gasteiger partial charge in [0.05, 0.1) is 24.9 Å². The molecule has 0 aromatic carbocycles. The van der Waals surface area contributed by atoms with Crippen LogP contribution in [0.15, 0.2) is 23.3 Å². The molecule has 116 valence electrons. The molecule has 0 aromatic heterocycles. The molecule has 1 saturated heterocycles. The lowest BCUT2D eigenvalue weighted by molar-refractivity contribution is -0.137. The molecule has 2 bridgehead atoms. The van der Waals surface area contributed by atoms with E-state index < -0.39 is 6.10 Å². The number of ether oxygens (including phenoxy) is 2. The summed E-state index contributed by atoms with van der Waals surface area (Å²) in [5.74, 6) is -0.213. The van der Waals surface area contributed by atoms with Crippen molar-refractivity contribution >= 4 is 5.97 Å². The molecule has 0 aromatic rings. The molecule has 0 unspecified atom stereocenters. The van der Waals surface area contributed by atoms with E-state index in [0.29, 0.717) is 19.6 Å². The van der Waals surface area contributed by atoms with Crippen LogP contribution in [0.5, 0.6) is 0 Å². The summed E-state index contributed by atoms with van der Waals surface area (Å²) >= 11 is 0. The fourth-order valence-corrected chi connectivity index (χ4v) is 4.70. The monoisotopic (exact) mass is 292 g/mol. The van der Waals surface area contributed by atoms with Crippen molar-refractivity contribution in [3.05, 3.63) is 23.3 Å². The summed E-state index contributed by atoms with van der Waals surface area (Å²) in [5, 5.41) is 10.6. The number of carbonyl (C=O) groups is 1. The standard InChI is InChI=1S/C17H24O4/c1-4-20-14(19)7-12-5-6-13(18)17-9-11(2)8-16(3,15(12)17)21-10-17/h7,9,13,15,18H,4-6,8,10H2,1-3H3/b12-7+/t13-,15-,16+,17+/m1/s1. The minimum absolute atomic E-state index is 0.0712. The van der Waals surface area contributed by atoms with Gasteiger partial charge in [-0.3, -0.25) is 0 Å². The van der Waals surface area contributed by atoms with Crippen LogP contribution in [0, 0.1) is 11.3 Å². The molecular formula is C17H24O4. The number of carbonyl (C=O) groups excluding carboxylic acids is 1. The van der Waals surface area contributed by atoms with Gasteiger partial charge in [-0.25, -0.2) is 4.79 Å². The van der Waals surface area contributed by atoms with Crippen molar-refractivity contribution in [1.82, 2.24) is 0 Å². The van der Waals surface area contributed by atoms with E-state index in [1.54, 1.807) is 6.08 Å². The van der Waals surface area contributed by atoms with Crippen LogP contribution in [0.1, 0.15) is 40.0 Å². The van der Waals surface area contributed by atoms with Crippen LogP contribution in [0.25, 0.3) is 0 Å². The van der Waals surface area contributed by atoms with Crippen LogP contribution in [0.2, 0.25) is 0 Å². The number of hydrogen-bond acceptors (Lipinski definition) is 4. The minimum atomic E-state index is -0.404. The van der Waals surface area contributed by atoms with Crippen molar-refractivity contribution < 1.29 is 19.4 Å². The fraction of sp³-hybridized carbons (Fsp3) is 0.706. The third kappa shape index (κ3) is 2.16. The second-order valence-corrected chi connectivity index (χ2v) is 6.84. The van der Waals surface area contributed by atoms with E-state index in [1.807, 2.05) is 6.92 Å². The highest BCUT2D eigenvalue weighted by Crippen LogP contribution is 2.60. The van der Waals surface area contributed by atoms with Gasteiger partial charge in [-0.05, 0) is 40.0 Å². The van der Waals surface area contributed by atoms with Gasteiger partial charge in [0.2, 0.25) is 0 Å². The first-order valence-electron chi connectivity index (χ1n) is 7.79. The van der Waals surface area contributed by atoms with Gasteiger partial charge in [0.25, 0.3) is 0 Å². The second kappa shape index (κ2) is 4.96. The third-order valence-corrected chi connectivity index (χ3v) is 5.23. The molecule has 2 fully saturated rings. The van der Waals surface area contributed by atoms with Crippen molar-refractivity contribution in [2.45, 2.75) is 51.7 Å². The first-order chi connectivity index (χ1) is 9.91. The highest BCUT2D eigenvalue weighted by Gasteiger charge is 2.62. The third-order valence-electron chi connectivity index (χ3n) is 5.23. The normalized spacial score (nSPS) is 43.4. The van der Waals surface area contributed by atoms with Crippen molar-refractivity contribution in [2.75, 3.05) is 13.2 Å². The van der Waals surface area contributed by atoms with Crippen molar-refractivity contribution in [2.24, 2.45) is 11.3 Å². The molecule has 21 heavy (non-hydrogen) atoms. The molecular weight excluding hydrogens is 268 g/mol. The van der Waals surface area contributed by atoms with E-state index in [4.69, 9.17) is 9.47 Å². The van der Waals surface area contributed by atoms with E-state index in [1.165, 1.54) is 5.57 Å². The van der Waals surface area contributed by atoms with E-state index in [-0.39, 0.29) is 22.9 Å². The second-order valence-electron chi connectivity index (χ2n) is 6.84. The maximum absolute atomic E-state index is 11.9. The maximum Gasteiger partial charge on any atom is 0.330 e. The lowest BCUT2D eigenvalue weighted by atomic mass is 9.55. The van der Waals surface area contributed by atoms with Gasteiger partial charge in [0.15, 0.2) is 0 Å². The molecule has 2 aliphatic carbocycles. The van der Waals surface area contributed by atoms with E-state index in [9.17, 15) is 9.90 Å². The van der Waals surface area contributed by atoms with Crippen molar-refractivity contribution in [3.63, 3.8) is 0 Å². The summed E-state index contributed by atoms with van der Waals surface area (Å²) in [6.07, 6.45) is 5.68. The molecule has 1 aliphatic heterocycles. The zero-order valence-electron chi connectivity index (χ0n) is 13.0. The summed E-state index contributed by atoms with van der Waals surface area (Å²) in [7, 11) is 0. The first kappa shape index (κ1) is 14.8. The van der Waals surface area contributed by atoms with E-state index >= 15 is 0 Å². The van der Waals surface area contributed by atoms with E-state index in [2.05, 4.69) is 19.9 Å². The predicted molar refractivity (Wildman–Crippen MR) is 78.6 cm³/mol. The Bertz CT molecular complexity index is 521. The van der Waals surface area contributed by atoms with Gasteiger partial charge in [0.1, 0.15) is 0 Å². The number of aliphatic hydroxyl groups excluding tert-OH is 1. The SMILES string of the molecule is CCOC(=O)/C=C1\CC[C@@H](O)[C@]23C=C(C)C[C@](C)(OC2)[C@@H]13. The Morgan fingerprint density at radius 3 is 3.10 bits per heavy atom. The van der Waals surface area contributed by atoms with Crippen LogP contribution in [-0.2, 0) is 14.3 Å². The molecule has 4 atom stereocenters. The Morgan fingerprint density at radius 2 is 2.38 bits per heavy atom. The number of hydrogen-bond donors (Lipinski definition) is 1. The minimum Gasteiger partial charge on any atom is -0.463 e. The topological polar surface area (TPSA) is 55.8 Å². The summed E-state index contributed by atoms with van der Waals surface area (Å²) in [6, 6.07) is 0. The average Bonchev–Trinajstić information content (AvgIpc) is 2.60. The number of rotatable bonds is 2. The predicted octanol–water partition coefficient (Wildman–Crippen LogP) is 2.37. The largest absolute Gasteiger partial charge is 0.463 e. The Kier molecular flexibility index (Phi) is 3.49. The summed E-state index contributed by atoms with van der Waals surface area (Å²) in [5.41, 5.74) is 1.65. The van der Waals surface area contributed by atoms with Gasteiger partial charge in [-0.15, -0.1) is 0 Å². The van der Waals surface area contributed by atoms with Gasteiger partial charge < -0.3 is 14.6 Å². The van der Waals surface area contributed by atoms with Gasteiger partial charge >= 0.3 is 5.97 Å². The maximum atomic E-state index is 11.9. The Hall–Kier alpha value is -1.13. The molecule has 4 heteroatoms. The zero-order valence-corrected chi connectivity index (χ0v) is 13.0. The van der Waals surface area contributed by atoms with E-state index in [0.717, 1.165) is 18.4 Å². The van der Waals surface area contributed by atoms with Crippen LogP contribution in [0.4, 0.5) is 0 Å².